The molecular weight excluding hydrogens is 328 g/mol. The molecule has 8 nitrogen and oxygen atoms in total. The van der Waals surface area contributed by atoms with Crippen molar-refractivity contribution in [2.24, 2.45) is 5.11 Å². The zero-order valence-corrected chi connectivity index (χ0v) is 14.5. The fourth-order valence-electron chi connectivity index (χ4n) is 1.91. The van der Waals surface area contributed by atoms with Gasteiger partial charge < -0.3 is 4.74 Å². The number of carbonyl (C=O) groups is 1. The molecule has 0 unspecified atom stereocenters. The lowest BCUT2D eigenvalue weighted by Crippen LogP contribution is -2.39. The van der Waals surface area contributed by atoms with Crippen LogP contribution in [0.5, 0.6) is 0 Å². The second-order valence-corrected chi connectivity index (χ2v) is 6.52. The van der Waals surface area contributed by atoms with Crippen LogP contribution in [0.25, 0.3) is 21.0 Å². The van der Waals surface area contributed by atoms with Gasteiger partial charge in [-0.1, -0.05) is 16.5 Å². The summed E-state index contributed by atoms with van der Waals surface area (Å²) < 4.78 is 5.45. The highest BCUT2D eigenvalue weighted by atomic mass is 32.1. The zero-order chi connectivity index (χ0) is 17.6. The summed E-state index contributed by atoms with van der Waals surface area (Å²) in [4.78, 5) is 25.0. The minimum absolute atomic E-state index is 0.0659. The van der Waals surface area contributed by atoms with E-state index < -0.39 is 11.7 Å². The van der Waals surface area contributed by atoms with Crippen LogP contribution in [0.1, 0.15) is 20.8 Å². The molecular formula is C15H18N6O2S. The summed E-state index contributed by atoms with van der Waals surface area (Å²) in [6.07, 6.45) is 4.55. The smallest absolute Gasteiger partial charge is 0.415 e. The molecule has 0 fully saturated rings. The maximum atomic E-state index is 12.4. The molecule has 0 saturated heterocycles. The molecule has 2 heterocycles. The van der Waals surface area contributed by atoms with Crippen LogP contribution in [0.4, 0.5) is 9.80 Å². The molecule has 0 spiro atoms. The molecule has 0 atom stereocenters. The largest absolute Gasteiger partial charge is 0.443 e. The van der Waals surface area contributed by atoms with Crippen LogP contribution in [0.15, 0.2) is 35.8 Å². The van der Waals surface area contributed by atoms with E-state index in [9.17, 15) is 4.79 Å². The first-order valence-electron chi connectivity index (χ1n) is 7.34. The van der Waals surface area contributed by atoms with Crippen molar-refractivity contribution in [3.05, 3.63) is 41.2 Å². The summed E-state index contributed by atoms with van der Waals surface area (Å²) in [6, 6.07) is 3.74. The van der Waals surface area contributed by atoms with E-state index in [1.54, 1.807) is 32.4 Å². The Kier molecular flexibility index (Phi) is 5.73. The predicted molar refractivity (Wildman–Crippen MR) is 92.9 cm³/mol. The maximum absolute atomic E-state index is 12.4. The first-order chi connectivity index (χ1) is 11.5. The quantitative estimate of drug-likeness (QED) is 0.443. The molecule has 0 aliphatic heterocycles. The van der Waals surface area contributed by atoms with E-state index in [1.165, 1.54) is 16.2 Å². The molecule has 2 aromatic heterocycles. The zero-order valence-electron chi connectivity index (χ0n) is 13.7. The number of hydrogen-bond acceptors (Lipinski definition) is 6. The first kappa shape index (κ1) is 17.7. The second-order valence-electron chi connectivity index (χ2n) is 5.51. The second kappa shape index (κ2) is 7.76. The van der Waals surface area contributed by atoms with Gasteiger partial charge in [-0.15, -0.1) is 0 Å². The van der Waals surface area contributed by atoms with Gasteiger partial charge in [-0.3, -0.25) is 9.88 Å². The van der Waals surface area contributed by atoms with Gasteiger partial charge in [0.25, 0.3) is 0 Å². The summed E-state index contributed by atoms with van der Waals surface area (Å²) >= 11 is 1.38. The van der Waals surface area contributed by atoms with Gasteiger partial charge in [-0.2, -0.15) is 0 Å². The summed E-state index contributed by atoms with van der Waals surface area (Å²) in [5, 5.41) is 4.92. The molecule has 9 heteroatoms. The van der Waals surface area contributed by atoms with Gasteiger partial charge in [0, 0.05) is 29.4 Å². The Labute approximate surface area is 143 Å². The van der Waals surface area contributed by atoms with Crippen LogP contribution in [-0.4, -0.2) is 34.8 Å². The average Bonchev–Trinajstić information content (AvgIpc) is 3.04. The van der Waals surface area contributed by atoms with Crippen molar-refractivity contribution < 1.29 is 9.53 Å². The van der Waals surface area contributed by atoms with Crippen LogP contribution < -0.4 is 4.90 Å². The molecule has 1 amide bonds. The van der Waals surface area contributed by atoms with Gasteiger partial charge in [0.05, 0.1) is 12.7 Å². The number of carbonyl (C=O) groups excluding carboxylic acids is 1. The van der Waals surface area contributed by atoms with Gasteiger partial charge in [-0.25, -0.2) is 9.78 Å². The number of aromatic nitrogens is 2. The van der Waals surface area contributed by atoms with E-state index in [2.05, 4.69) is 20.0 Å². The summed E-state index contributed by atoms with van der Waals surface area (Å²) in [5.74, 6) is 0. The highest BCUT2D eigenvalue weighted by molar-refractivity contribution is 7.19. The van der Waals surface area contributed by atoms with Crippen molar-refractivity contribution in [2.75, 3.05) is 18.0 Å². The third-order valence-electron chi connectivity index (χ3n) is 3.08. The summed E-state index contributed by atoms with van der Waals surface area (Å²) in [6.45, 7) is 5.75. The van der Waals surface area contributed by atoms with Crippen LogP contribution in [0.2, 0.25) is 0 Å². The number of rotatable bonds is 6. The van der Waals surface area contributed by atoms with Gasteiger partial charge >= 0.3 is 6.09 Å². The Hall–Kier alpha value is -2.64. The molecule has 0 aliphatic carbocycles. The minimum atomic E-state index is -0.881. The number of anilines is 1. The Morgan fingerprint density at radius 2 is 2.29 bits per heavy atom. The van der Waals surface area contributed by atoms with E-state index in [0.717, 1.165) is 10.6 Å². The first-order valence-corrected chi connectivity index (χ1v) is 8.16. The van der Waals surface area contributed by atoms with Gasteiger partial charge in [0.1, 0.15) is 15.6 Å². The standard InChI is InChI=1S/C15H18N6O2S/c1-4-21(14(22)23-15(2,3)10-19-20-16)12-9-18-13(24-12)11-6-5-7-17-8-11/h5-9H,4,10H2,1-3H3. The minimum Gasteiger partial charge on any atom is -0.443 e. The van der Waals surface area contributed by atoms with Crippen molar-refractivity contribution in [1.82, 2.24) is 9.97 Å². The molecule has 0 radical (unpaired) electrons. The Morgan fingerprint density at radius 3 is 2.92 bits per heavy atom. The lowest BCUT2D eigenvalue weighted by Gasteiger charge is -2.27. The number of hydrogen-bond donors (Lipinski definition) is 0. The van der Waals surface area contributed by atoms with Gasteiger partial charge in [-0.05, 0) is 38.4 Å². The number of pyridine rings is 1. The van der Waals surface area contributed by atoms with Crippen molar-refractivity contribution in [3.63, 3.8) is 0 Å². The number of amides is 1. The Bertz CT molecular complexity index is 739. The number of ether oxygens (including phenoxy) is 1. The summed E-state index contributed by atoms with van der Waals surface area (Å²) in [7, 11) is 0. The number of azide groups is 1. The molecule has 2 aromatic rings. The third-order valence-corrected chi connectivity index (χ3v) is 4.15. The SMILES string of the molecule is CCN(C(=O)OC(C)(C)CN=[N+]=[N-])c1cnc(-c2cccnc2)s1. The normalized spacial score (nSPS) is 10.8. The van der Waals surface area contributed by atoms with Crippen LogP contribution in [-0.2, 0) is 4.74 Å². The van der Waals surface area contributed by atoms with E-state index >= 15 is 0 Å². The van der Waals surface area contributed by atoms with E-state index in [4.69, 9.17) is 10.3 Å². The third kappa shape index (κ3) is 4.43. The summed E-state index contributed by atoms with van der Waals surface area (Å²) in [5.41, 5.74) is 8.41. The predicted octanol–water partition coefficient (Wildman–Crippen LogP) is 4.26. The molecule has 2 rings (SSSR count). The highest BCUT2D eigenvalue weighted by Gasteiger charge is 2.27. The van der Waals surface area contributed by atoms with Crippen molar-refractivity contribution >= 4 is 22.4 Å². The fourth-order valence-corrected chi connectivity index (χ4v) is 2.88. The van der Waals surface area contributed by atoms with E-state index in [1.807, 2.05) is 19.1 Å². The maximum Gasteiger partial charge on any atom is 0.415 e. The Morgan fingerprint density at radius 1 is 1.50 bits per heavy atom. The lowest BCUT2D eigenvalue weighted by molar-refractivity contribution is 0.0508. The molecule has 0 saturated carbocycles. The van der Waals surface area contributed by atoms with Crippen molar-refractivity contribution in [1.29, 1.82) is 0 Å². The average molecular weight is 346 g/mol. The van der Waals surface area contributed by atoms with E-state index in [0.29, 0.717) is 11.5 Å². The molecule has 0 aliphatic rings. The fraction of sp³-hybridized carbons (Fsp3) is 0.400. The van der Waals surface area contributed by atoms with Gasteiger partial charge in [0.15, 0.2) is 0 Å². The molecule has 0 bridgehead atoms. The van der Waals surface area contributed by atoms with E-state index in [-0.39, 0.29) is 6.54 Å². The van der Waals surface area contributed by atoms with Crippen LogP contribution in [0, 0.1) is 0 Å². The van der Waals surface area contributed by atoms with Crippen molar-refractivity contribution in [3.8, 4) is 10.6 Å². The molecule has 126 valence electrons. The monoisotopic (exact) mass is 346 g/mol. The van der Waals surface area contributed by atoms with Crippen LogP contribution in [0.3, 0.4) is 0 Å². The number of nitrogens with zero attached hydrogens (tertiary/aromatic N) is 6. The van der Waals surface area contributed by atoms with Crippen LogP contribution >= 0.6 is 11.3 Å². The highest BCUT2D eigenvalue weighted by Crippen LogP contribution is 2.31. The Balaban J connectivity index is 2.15. The molecule has 24 heavy (non-hydrogen) atoms. The van der Waals surface area contributed by atoms with Crippen molar-refractivity contribution in [2.45, 2.75) is 26.4 Å². The lowest BCUT2D eigenvalue weighted by atomic mass is 10.1. The topological polar surface area (TPSA) is 104 Å². The number of thiazole rings is 1. The van der Waals surface area contributed by atoms with Gasteiger partial charge in [0.2, 0.25) is 0 Å². The molecule has 0 N–H and O–H groups in total. The molecule has 0 aromatic carbocycles.